The second-order valence-corrected chi connectivity index (χ2v) is 7.87. The predicted octanol–water partition coefficient (Wildman–Crippen LogP) is 2.79. The summed E-state index contributed by atoms with van der Waals surface area (Å²) >= 11 is 0. The normalized spacial score (nSPS) is 11.2. The van der Waals surface area contributed by atoms with Crippen LogP contribution in [0.5, 0.6) is 5.75 Å². The molecule has 0 radical (unpaired) electrons. The summed E-state index contributed by atoms with van der Waals surface area (Å²) in [7, 11) is 1.47. The Balaban J connectivity index is 1.76. The van der Waals surface area contributed by atoms with E-state index in [0.29, 0.717) is 5.75 Å². The highest BCUT2D eigenvalue weighted by molar-refractivity contribution is 5.91. The Kier molecular flexibility index (Phi) is 7.18. The molecule has 0 aliphatic heterocycles. The monoisotopic (exact) mass is 511 g/mol. The van der Waals surface area contributed by atoms with Crippen molar-refractivity contribution in [3.63, 3.8) is 0 Å². The molecule has 0 fully saturated rings. The lowest BCUT2D eigenvalue weighted by molar-refractivity contribution is -0.137. The molecule has 0 saturated carbocycles. The van der Waals surface area contributed by atoms with Crippen LogP contribution in [-0.2, 0) is 19.3 Å². The van der Waals surface area contributed by atoms with Crippen molar-refractivity contribution < 1.29 is 22.7 Å². The second kappa shape index (κ2) is 10.5. The molecule has 4 rings (SSSR count). The fourth-order valence-electron chi connectivity index (χ4n) is 3.44. The van der Waals surface area contributed by atoms with E-state index in [2.05, 4.69) is 15.4 Å². The number of rotatable bonds is 7. The van der Waals surface area contributed by atoms with E-state index in [-0.39, 0.29) is 24.3 Å². The molecule has 0 unspecified atom stereocenters. The number of amides is 1. The largest absolute Gasteiger partial charge is 0.497 e. The molecule has 0 bridgehead atoms. The number of pyridine rings is 1. The van der Waals surface area contributed by atoms with Crippen LogP contribution in [0.3, 0.4) is 0 Å². The molecule has 1 N–H and O–H groups in total. The van der Waals surface area contributed by atoms with Gasteiger partial charge in [0.1, 0.15) is 5.75 Å². The number of carbonyl (C=O) groups excluding carboxylic acids is 1. The van der Waals surface area contributed by atoms with E-state index in [9.17, 15) is 27.6 Å². The van der Waals surface area contributed by atoms with Gasteiger partial charge in [-0.25, -0.2) is 4.79 Å². The van der Waals surface area contributed by atoms with Gasteiger partial charge in [-0.2, -0.15) is 23.0 Å². The van der Waals surface area contributed by atoms with E-state index in [4.69, 9.17) is 4.74 Å². The number of halogens is 3. The maximum Gasteiger partial charge on any atom is 0.416 e. The number of hydrogen-bond acceptors (Lipinski definition) is 6. The topological polar surface area (TPSA) is 108 Å². The number of ether oxygens (including phenoxy) is 1. The number of methoxy groups -OCH3 is 1. The molecule has 0 spiro atoms. The van der Waals surface area contributed by atoms with Gasteiger partial charge >= 0.3 is 11.9 Å². The Bertz CT molecular complexity index is 1510. The van der Waals surface area contributed by atoms with Crippen LogP contribution in [0.2, 0.25) is 0 Å². The Hall–Kier alpha value is -4.74. The lowest BCUT2D eigenvalue weighted by Gasteiger charge is -2.13. The maximum absolute atomic E-state index is 13.2. The van der Waals surface area contributed by atoms with Crippen molar-refractivity contribution in [2.24, 2.45) is 0 Å². The van der Waals surface area contributed by atoms with E-state index in [1.807, 2.05) is 0 Å². The summed E-state index contributed by atoms with van der Waals surface area (Å²) in [4.78, 5) is 43.2. The van der Waals surface area contributed by atoms with Gasteiger partial charge in [0.05, 0.1) is 24.9 Å². The number of nitrogens with zero attached hydrogens (tertiary/aromatic N) is 4. The third-order valence-corrected chi connectivity index (χ3v) is 5.42. The van der Waals surface area contributed by atoms with Gasteiger partial charge in [0.15, 0.2) is 0 Å². The van der Waals surface area contributed by atoms with Crippen molar-refractivity contribution >= 4 is 5.91 Å². The summed E-state index contributed by atoms with van der Waals surface area (Å²) in [5, 5.41) is 6.60. The third kappa shape index (κ3) is 5.74. The van der Waals surface area contributed by atoms with Gasteiger partial charge in [0.2, 0.25) is 5.69 Å². The van der Waals surface area contributed by atoms with Gasteiger partial charge in [0, 0.05) is 18.9 Å². The Morgan fingerprint density at radius 3 is 2.19 bits per heavy atom. The van der Waals surface area contributed by atoms with Crippen LogP contribution in [0.15, 0.2) is 82.6 Å². The number of benzene rings is 2. The highest BCUT2D eigenvalue weighted by Crippen LogP contribution is 2.29. The smallest absolute Gasteiger partial charge is 0.416 e. The first-order valence-electron chi connectivity index (χ1n) is 10.9. The van der Waals surface area contributed by atoms with Gasteiger partial charge < -0.3 is 10.1 Å². The van der Waals surface area contributed by atoms with E-state index in [1.54, 1.807) is 36.7 Å². The van der Waals surface area contributed by atoms with E-state index < -0.39 is 34.6 Å². The predicted molar refractivity (Wildman–Crippen MR) is 127 cm³/mol. The molecule has 0 atom stereocenters. The highest BCUT2D eigenvalue weighted by atomic mass is 19.4. The number of aromatic nitrogens is 4. The molecule has 0 saturated heterocycles. The third-order valence-electron chi connectivity index (χ3n) is 5.42. The molecule has 0 aliphatic rings. The summed E-state index contributed by atoms with van der Waals surface area (Å²) in [6.45, 7) is -0.303. The summed E-state index contributed by atoms with van der Waals surface area (Å²) in [6, 6.07) is 13.5. The average Bonchev–Trinajstić information content (AvgIpc) is 2.90. The molecule has 9 nitrogen and oxygen atoms in total. The van der Waals surface area contributed by atoms with Crippen molar-refractivity contribution in [1.29, 1.82) is 0 Å². The maximum atomic E-state index is 13.2. The Labute approximate surface area is 207 Å². The van der Waals surface area contributed by atoms with Crippen molar-refractivity contribution in [2.75, 3.05) is 7.11 Å². The summed E-state index contributed by atoms with van der Waals surface area (Å²) < 4.78 is 45.5. The Morgan fingerprint density at radius 2 is 1.59 bits per heavy atom. The van der Waals surface area contributed by atoms with Crippen molar-refractivity contribution in [1.82, 2.24) is 24.6 Å². The van der Waals surface area contributed by atoms with Crippen LogP contribution >= 0.6 is 0 Å². The molecule has 190 valence electrons. The zero-order chi connectivity index (χ0) is 26.6. The zero-order valence-electron chi connectivity index (χ0n) is 19.4. The minimum Gasteiger partial charge on any atom is -0.497 e. The molecular formula is C25H20F3N5O4. The average molecular weight is 511 g/mol. The fraction of sp³-hybridized carbons (Fsp3) is 0.160. The van der Waals surface area contributed by atoms with E-state index in [1.165, 1.54) is 19.2 Å². The second-order valence-electron chi connectivity index (χ2n) is 7.87. The lowest BCUT2D eigenvalue weighted by Crippen LogP contribution is -2.46. The van der Waals surface area contributed by atoms with Crippen LogP contribution in [0.25, 0.3) is 5.69 Å². The van der Waals surface area contributed by atoms with Crippen LogP contribution in [0.1, 0.15) is 27.2 Å². The van der Waals surface area contributed by atoms with Gasteiger partial charge in [-0.1, -0.05) is 12.1 Å². The molecule has 2 aromatic carbocycles. The molecular weight excluding hydrogens is 491 g/mol. The van der Waals surface area contributed by atoms with Crippen molar-refractivity contribution in [3.8, 4) is 11.4 Å². The van der Waals surface area contributed by atoms with Gasteiger partial charge in [-0.05, 0) is 59.7 Å². The number of alkyl halides is 3. The first kappa shape index (κ1) is 25.4. The molecule has 2 heterocycles. The molecule has 0 aliphatic carbocycles. The van der Waals surface area contributed by atoms with Crippen LogP contribution < -0.4 is 21.3 Å². The molecule has 1 amide bonds. The van der Waals surface area contributed by atoms with E-state index in [0.717, 1.165) is 39.1 Å². The van der Waals surface area contributed by atoms with Gasteiger partial charge in [-0.15, -0.1) is 0 Å². The Morgan fingerprint density at radius 1 is 0.946 bits per heavy atom. The lowest BCUT2D eigenvalue weighted by atomic mass is 10.1. The minimum atomic E-state index is -4.53. The summed E-state index contributed by atoms with van der Waals surface area (Å²) in [5.41, 5.74) is -2.07. The van der Waals surface area contributed by atoms with Gasteiger partial charge in [0.25, 0.3) is 11.5 Å². The summed E-state index contributed by atoms with van der Waals surface area (Å²) in [6.07, 6.45) is -1.45. The summed E-state index contributed by atoms with van der Waals surface area (Å²) in [5.74, 6) is -0.324. The molecule has 37 heavy (non-hydrogen) atoms. The first-order chi connectivity index (χ1) is 17.7. The van der Waals surface area contributed by atoms with Gasteiger partial charge in [-0.3, -0.25) is 19.1 Å². The fourth-order valence-corrected chi connectivity index (χ4v) is 3.44. The quantitative estimate of drug-likeness (QED) is 0.409. The molecule has 2 aromatic heterocycles. The SMILES string of the molecule is COc1ccc(-n2nc(C(=O)NCc3ccncc3)c(=O)n(Cc3ccc(C(F)(F)F)cc3)c2=O)cc1. The highest BCUT2D eigenvalue weighted by Gasteiger charge is 2.30. The van der Waals surface area contributed by atoms with Crippen LogP contribution in [-0.4, -0.2) is 32.3 Å². The van der Waals surface area contributed by atoms with Crippen LogP contribution in [0, 0.1) is 0 Å². The zero-order valence-corrected chi connectivity index (χ0v) is 19.4. The van der Waals surface area contributed by atoms with E-state index >= 15 is 0 Å². The number of nitrogens with one attached hydrogen (secondary N) is 1. The molecule has 12 heteroatoms. The molecule has 4 aromatic rings. The number of carbonyl (C=O) groups is 1. The van der Waals surface area contributed by atoms with Crippen molar-refractivity contribution in [3.05, 3.63) is 116 Å². The standard InChI is InChI=1S/C25H20F3N5O4/c1-37-20-8-6-19(7-9-20)33-24(36)32(15-17-2-4-18(5-3-17)25(26,27)28)23(35)21(31-33)22(34)30-14-16-10-12-29-13-11-16/h2-13H,14-15H2,1H3,(H,30,34). The minimum absolute atomic E-state index is 0.0725. The van der Waals surface area contributed by atoms with Crippen molar-refractivity contribution in [2.45, 2.75) is 19.3 Å². The first-order valence-corrected chi connectivity index (χ1v) is 10.9. The number of hydrogen-bond donors (Lipinski definition) is 1. The van der Waals surface area contributed by atoms with Crippen LogP contribution in [0.4, 0.5) is 13.2 Å².